The van der Waals surface area contributed by atoms with Crippen LogP contribution < -0.4 is 9.47 Å². The second-order valence-corrected chi connectivity index (χ2v) is 4.98. The topological polar surface area (TPSA) is 54.0 Å². The highest BCUT2D eigenvalue weighted by Gasteiger charge is 2.14. The van der Waals surface area contributed by atoms with E-state index < -0.39 is 5.97 Å². The number of hydrogen-bond donors (Lipinski definition) is 0. The van der Waals surface area contributed by atoms with E-state index >= 15 is 0 Å². The SMILES string of the molecule is CCCCC([CH]OOC(=O)c1ccc(OC)c(OC)c1)CC. The van der Waals surface area contributed by atoms with Crippen LogP contribution in [0, 0.1) is 12.5 Å². The van der Waals surface area contributed by atoms with Crippen molar-refractivity contribution in [3.8, 4) is 11.5 Å². The maximum absolute atomic E-state index is 11.9. The Bertz CT molecular complexity index is 458. The molecule has 0 aliphatic carbocycles. The molecule has 5 heteroatoms. The monoisotopic (exact) mass is 309 g/mol. The van der Waals surface area contributed by atoms with Crippen LogP contribution in [0.1, 0.15) is 49.9 Å². The molecule has 0 fully saturated rings. The van der Waals surface area contributed by atoms with Gasteiger partial charge in [0, 0.05) is 0 Å². The van der Waals surface area contributed by atoms with E-state index in [-0.39, 0.29) is 5.92 Å². The summed E-state index contributed by atoms with van der Waals surface area (Å²) in [6.07, 6.45) is 4.24. The number of carbonyl (C=O) groups is 1. The van der Waals surface area contributed by atoms with Gasteiger partial charge in [-0.15, -0.1) is 0 Å². The largest absolute Gasteiger partial charge is 0.493 e. The lowest BCUT2D eigenvalue weighted by Gasteiger charge is -2.13. The van der Waals surface area contributed by atoms with Gasteiger partial charge in [-0.25, -0.2) is 4.79 Å². The first-order valence-electron chi connectivity index (χ1n) is 7.59. The third kappa shape index (κ3) is 5.56. The number of carbonyl (C=O) groups excluding carboxylic acids is 1. The minimum Gasteiger partial charge on any atom is -0.493 e. The van der Waals surface area contributed by atoms with E-state index in [4.69, 9.17) is 19.2 Å². The molecule has 0 N–H and O–H groups in total. The Morgan fingerprint density at radius 1 is 1.18 bits per heavy atom. The van der Waals surface area contributed by atoms with Crippen LogP contribution in [0.5, 0.6) is 11.5 Å². The highest BCUT2D eigenvalue weighted by Crippen LogP contribution is 2.28. The second-order valence-electron chi connectivity index (χ2n) is 4.98. The molecule has 0 amide bonds. The standard InChI is InChI=1S/C17H25O5/c1-5-7-8-13(6-2)12-21-22-17(18)14-9-10-15(19-3)16(11-14)20-4/h9-13H,5-8H2,1-4H3. The summed E-state index contributed by atoms with van der Waals surface area (Å²) in [5.41, 5.74) is 0.340. The average molecular weight is 309 g/mol. The molecule has 0 aliphatic rings. The molecule has 1 unspecified atom stereocenters. The van der Waals surface area contributed by atoms with Crippen LogP contribution in [0.25, 0.3) is 0 Å². The minimum absolute atomic E-state index is 0.290. The summed E-state index contributed by atoms with van der Waals surface area (Å²) < 4.78 is 10.3. The van der Waals surface area contributed by atoms with E-state index in [2.05, 4.69) is 13.8 Å². The predicted molar refractivity (Wildman–Crippen MR) is 83.7 cm³/mol. The minimum atomic E-state index is -0.567. The van der Waals surface area contributed by atoms with Gasteiger partial charge in [-0.1, -0.05) is 33.1 Å². The van der Waals surface area contributed by atoms with E-state index in [1.165, 1.54) is 14.2 Å². The lowest BCUT2D eigenvalue weighted by Crippen LogP contribution is -2.09. The van der Waals surface area contributed by atoms with E-state index in [0.29, 0.717) is 17.1 Å². The smallest absolute Gasteiger partial charge is 0.373 e. The Morgan fingerprint density at radius 2 is 1.91 bits per heavy atom. The van der Waals surface area contributed by atoms with Crippen molar-refractivity contribution in [3.63, 3.8) is 0 Å². The first-order chi connectivity index (χ1) is 10.7. The molecule has 0 saturated carbocycles. The van der Waals surface area contributed by atoms with E-state index in [0.717, 1.165) is 25.7 Å². The average Bonchev–Trinajstić information content (AvgIpc) is 2.56. The molecule has 0 saturated heterocycles. The molecule has 0 aliphatic heterocycles. The number of ether oxygens (including phenoxy) is 2. The third-order valence-corrected chi connectivity index (χ3v) is 3.44. The molecule has 1 atom stereocenters. The summed E-state index contributed by atoms with van der Waals surface area (Å²) in [7, 11) is 3.05. The Labute approximate surface area is 132 Å². The fraction of sp³-hybridized carbons (Fsp3) is 0.529. The van der Waals surface area contributed by atoms with Gasteiger partial charge in [0.1, 0.15) is 6.61 Å². The fourth-order valence-electron chi connectivity index (χ4n) is 2.00. The lowest BCUT2D eigenvalue weighted by molar-refractivity contribution is -0.219. The summed E-state index contributed by atoms with van der Waals surface area (Å²) in [4.78, 5) is 21.7. The Balaban J connectivity index is 2.51. The number of unbranched alkanes of at least 4 members (excludes halogenated alkanes) is 1. The van der Waals surface area contributed by atoms with Crippen LogP contribution in [0.15, 0.2) is 18.2 Å². The molecule has 1 aromatic rings. The molecule has 1 radical (unpaired) electrons. The van der Waals surface area contributed by atoms with Crippen LogP contribution in [-0.2, 0) is 9.78 Å². The van der Waals surface area contributed by atoms with Gasteiger partial charge >= 0.3 is 5.97 Å². The predicted octanol–water partition coefficient (Wildman–Crippen LogP) is 4.17. The van der Waals surface area contributed by atoms with Crippen LogP contribution in [0.3, 0.4) is 0 Å². The first-order valence-corrected chi connectivity index (χ1v) is 7.59. The summed E-state index contributed by atoms with van der Waals surface area (Å²) in [5.74, 6) is 0.744. The van der Waals surface area contributed by atoms with Crippen molar-refractivity contribution in [1.82, 2.24) is 0 Å². The van der Waals surface area contributed by atoms with Crippen molar-refractivity contribution in [2.24, 2.45) is 5.92 Å². The molecule has 1 rings (SSSR count). The van der Waals surface area contributed by atoms with E-state index in [1.54, 1.807) is 24.8 Å². The molecule has 22 heavy (non-hydrogen) atoms. The van der Waals surface area contributed by atoms with Crippen molar-refractivity contribution in [2.45, 2.75) is 39.5 Å². The molecule has 0 bridgehead atoms. The summed E-state index contributed by atoms with van der Waals surface area (Å²) in [6, 6.07) is 4.80. The van der Waals surface area contributed by atoms with Gasteiger partial charge in [0.25, 0.3) is 0 Å². The van der Waals surface area contributed by atoms with Crippen molar-refractivity contribution in [1.29, 1.82) is 0 Å². The molecule has 0 heterocycles. The van der Waals surface area contributed by atoms with Crippen LogP contribution in [0.2, 0.25) is 0 Å². The molecule has 123 valence electrons. The summed E-state index contributed by atoms with van der Waals surface area (Å²) in [6.45, 7) is 5.81. The molecular weight excluding hydrogens is 284 g/mol. The van der Waals surface area contributed by atoms with Crippen molar-refractivity contribution in [2.75, 3.05) is 14.2 Å². The van der Waals surface area contributed by atoms with Crippen LogP contribution >= 0.6 is 0 Å². The quantitative estimate of drug-likeness (QED) is 0.479. The van der Waals surface area contributed by atoms with Gasteiger partial charge in [0.15, 0.2) is 11.5 Å². The summed E-state index contributed by atoms with van der Waals surface area (Å²) in [5, 5.41) is 0. The Morgan fingerprint density at radius 3 is 2.50 bits per heavy atom. The second kappa shape index (κ2) is 10.1. The van der Waals surface area contributed by atoms with Crippen LogP contribution in [0.4, 0.5) is 0 Å². The zero-order chi connectivity index (χ0) is 16.4. The van der Waals surface area contributed by atoms with Gasteiger partial charge in [0.05, 0.1) is 19.8 Å². The Kier molecular flexibility index (Phi) is 8.36. The van der Waals surface area contributed by atoms with Crippen molar-refractivity contribution in [3.05, 3.63) is 30.4 Å². The van der Waals surface area contributed by atoms with Crippen molar-refractivity contribution >= 4 is 5.97 Å². The maximum Gasteiger partial charge on any atom is 0.373 e. The summed E-state index contributed by atoms with van der Waals surface area (Å²) >= 11 is 0. The Hall–Kier alpha value is -1.75. The highest BCUT2D eigenvalue weighted by molar-refractivity contribution is 5.89. The lowest BCUT2D eigenvalue weighted by atomic mass is 10.0. The van der Waals surface area contributed by atoms with Crippen LogP contribution in [-0.4, -0.2) is 20.2 Å². The number of rotatable bonds is 10. The number of hydrogen-bond acceptors (Lipinski definition) is 5. The third-order valence-electron chi connectivity index (χ3n) is 3.44. The number of methoxy groups -OCH3 is 2. The van der Waals surface area contributed by atoms with Gasteiger partial charge in [-0.2, -0.15) is 4.89 Å². The normalized spacial score (nSPS) is 11.8. The zero-order valence-electron chi connectivity index (χ0n) is 13.8. The fourth-order valence-corrected chi connectivity index (χ4v) is 2.00. The molecule has 5 nitrogen and oxygen atoms in total. The molecule has 0 spiro atoms. The molecular formula is C17H25O5. The van der Waals surface area contributed by atoms with Gasteiger partial charge in [0.2, 0.25) is 0 Å². The number of benzene rings is 1. The molecule has 0 aromatic heterocycles. The van der Waals surface area contributed by atoms with E-state index in [1.807, 2.05) is 0 Å². The van der Waals surface area contributed by atoms with E-state index in [9.17, 15) is 4.79 Å². The highest BCUT2D eigenvalue weighted by atomic mass is 17.2. The first kappa shape index (κ1) is 18.3. The maximum atomic E-state index is 11.9. The van der Waals surface area contributed by atoms with Gasteiger partial charge < -0.3 is 9.47 Å². The van der Waals surface area contributed by atoms with Crippen molar-refractivity contribution < 1.29 is 24.0 Å². The zero-order valence-corrected chi connectivity index (χ0v) is 13.8. The molecule has 1 aromatic carbocycles. The van der Waals surface area contributed by atoms with Gasteiger partial charge in [-0.3, -0.25) is 4.89 Å². The van der Waals surface area contributed by atoms with Gasteiger partial charge in [-0.05, 0) is 30.5 Å².